The first-order valence-electron chi connectivity index (χ1n) is 18.9. The van der Waals surface area contributed by atoms with Gasteiger partial charge in [-0.05, 0) is 95.0 Å². The lowest BCUT2D eigenvalue weighted by atomic mass is 9.84. The van der Waals surface area contributed by atoms with Crippen molar-refractivity contribution in [1.29, 1.82) is 0 Å². The van der Waals surface area contributed by atoms with Crippen molar-refractivity contribution in [2.24, 2.45) is 0 Å². The fourth-order valence-electron chi connectivity index (χ4n) is 7.61. The fourth-order valence-corrected chi connectivity index (χ4v) is 7.61. The Bertz CT molecular complexity index is 3070. The van der Waals surface area contributed by atoms with Crippen molar-refractivity contribution < 1.29 is 11.3 Å². The van der Waals surface area contributed by atoms with E-state index in [1.807, 2.05) is 24.3 Å². The van der Waals surface area contributed by atoms with Crippen LogP contribution < -0.4 is 0 Å². The minimum absolute atomic E-state index is 0.154. The molecule has 0 amide bonds. The third-order valence-electron chi connectivity index (χ3n) is 9.76. The van der Waals surface area contributed by atoms with Crippen molar-refractivity contribution in [3.63, 3.8) is 0 Å². The maximum atomic E-state index is 8.54. The Hall–Kier alpha value is -6.44. The zero-order chi connectivity index (χ0) is 36.7. The molecule has 0 aliphatic heterocycles. The van der Waals surface area contributed by atoms with Crippen LogP contribution in [-0.4, -0.2) is 0 Å². The molecule has 9 aromatic carbocycles. The van der Waals surface area contributed by atoms with Gasteiger partial charge in [-0.2, -0.15) is 0 Å². The SMILES string of the molecule is [2H]c1c([2H])c([2H])c(-c2ccc3c(c2)oc2cccc(-c4c5ccccc5c(-c5ccc(-c6cccc7ccccc67)cc5)c5ccccc45)c23)c([2H])c1[2H]. The van der Waals surface area contributed by atoms with Crippen molar-refractivity contribution in [2.45, 2.75) is 0 Å². The second kappa shape index (κ2) is 11.1. The van der Waals surface area contributed by atoms with Gasteiger partial charge in [-0.25, -0.2) is 0 Å². The molecule has 0 saturated carbocycles. The highest BCUT2D eigenvalue weighted by molar-refractivity contribution is 6.25. The predicted octanol–water partition coefficient (Wildman–Crippen LogP) is 13.7. The minimum atomic E-state index is -0.411. The number of hydrogen-bond acceptors (Lipinski definition) is 1. The molecule has 1 heteroatoms. The van der Waals surface area contributed by atoms with Gasteiger partial charge in [0.25, 0.3) is 0 Å². The Morgan fingerprint density at radius 3 is 1.67 bits per heavy atom. The Balaban J connectivity index is 1.18. The molecule has 0 N–H and O–H groups in total. The monoisotopic (exact) mass is 627 g/mol. The third-order valence-corrected chi connectivity index (χ3v) is 9.76. The van der Waals surface area contributed by atoms with Crippen LogP contribution in [0.25, 0.3) is 98.8 Å². The number of hydrogen-bond donors (Lipinski definition) is 0. The summed E-state index contributed by atoms with van der Waals surface area (Å²) in [4.78, 5) is 0. The summed E-state index contributed by atoms with van der Waals surface area (Å²) < 4.78 is 48.0. The summed E-state index contributed by atoms with van der Waals surface area (Å²) >= 11 is 0. The van der Waals surface area contributed by atoms with Crippen molar-refractivity contribution in [3.8, 4) is 44.5 Å². The first kappa shape index (κ1) is 23.0. The van der Waals surface area contributed by atoms with E-state index in [9.17, 15) is 0 Å². The van der Waals surface area contributed by atoms with Crippen molar-refractivity contribution in [1.82, 2.24) is 0 Å². The summed E-state index contributed by atoms with van der Waals surface area (Å²) in [6, 6.07) is 51.2. The van der Waals surface area contributed by atoms with E-state index in [1.54, 1.807) is 6.07 Å². The first-order valence-corrected chi connectivity index (χ1v) is 16.4. The summed E-state index contributed by atoms with van der Waals surface area (Å²) in [5.41, 5.74) is 8.81. The molecule has 1 nitrogen and oxygen atoms in total. The predicted molar refractivity (Wildman–Crippen MR) is 208 cm³/mol. The Morgan fingerprint density at radius 2 is 0.939 bits per heavy atom. The Morgan fingerprint density at radius 1 is 0.367 bits per heavy atom. The lowest BCUT2D eigenvalue weighted by Gasteiger charge is -2.18. The van der Waals surface area contributed by atoms with Crippen LogP contribution in [-0.2, 0) is 0 Å². The highest BCUT2D eigenvalue weighted by atomic mass is 16.3. The standard InChI is InChI=1S/C48H30O/c1-2-12-31(13-3-1)35-28-29-42-45(30-35)49-44-23-11-22-43(48(42)44)47-40-19-8-6-17-38(40)46(39-18-7-9-20-41(39)47)34-26-24-33(25-27-34)37-21-10-15-32-14-4-5-16-36(32)37/h1-30H/i1D,2D,3D,12D,13D. The molecule has 0 unspecified atom stereocenters. The minimum Gasteiger partial charge on any atom is -0.456 e. The number of rotatable bonds is 4. The van der Waals surface area contributed by atoms with E-state index < -0.39 is 6.04 Å². The largest absolute Gasteiger partial charge is 0.456 e. The Labute approximate surface area is 291 Å². The normalized spacial score (nSPS) is 13.1. The van der Waals surface area contributed by atoms with Crippen molar-refractivity contribution in [2.75, 3.05) is 0 Å². The molecule has 49 heavy (non-hydrogen) atoms. The molecule has 228 valence electrons. The average Bonchev–Trinajstić information content (AvgIpc) is 3.60. The van der Waals surface area contributed by atoms with E-state index in [0.29, 0.717) is 16.7 Å². The summed E-state index contributed by atoms with van der Waals surface area (Å²) in [6.07, 6.45) is 0. The van der Waals surface area contributed by atoms with Crippen LogP contribution in [0.4, 0.5) is 0 Å². The van der Waals surface area contributed by atoms with Gasteiger partial charge in [0.05, 0.1) is 6.85 Å². The summed E-state index contributed by atoms with van der Waals surface area (Å²) in [6.45, 7) is 0. The van der Waals surface area contributed by atoms with Crippen LogP contribution in [0.3, 0.4) is 0 Å². The fraction of sp³-hybridized carbons (Fsp3) is 0. The van der Waals surface area contributed by atoms with Crippen LogP contribution in [0, 0.1) is 0 Å². The van der Waals surface area contributed by atoms with Crippen LogP contribution in [0.15, 0.2) is 186 Å². The average molecular weight is 628 g/mol. The molecule has 0 bridgehead atoms. The zero-order valence-corrected chi connectivity index (χ0v) is 26.3. The molecule has 1 aromatic heterocycles. The maximum absolute atomic E-state index is 8.54. The maximum Gasteiger partial charge on any atom is 0.136 e. The van der Waals surface area contributed by atoms with Gasteiger partial charge >= 0.3 is 0 Å². The second-order valence-electron chi connectivity index (χ2n) is 12.4. The number of benzene rings is 9. The van der Waals surface area contributed by atoms with Crippen LogP contribution >= 0.6 is 0 Å². The quantitative estimate of drug-likeness (QED) is 0.177. The van der Waals surface area contributed by atoms with E-state index in [1.165, 1.54) is 27.5 Å². The molecule has 0 spiro atoms. The molecule has 0 aliphatic rings. The van der Waals surface area contributed by atoms with Gasteiger partial charge in [-0.3, -0.25) is 0 Å². The lowest BCUT2D eigenvalue weighted by Crippen LogP contribution is -1.91. The van der Waals surface area contributed by atoms with Crippen molar-refractivity contribution >= 4 is 54.3 Å². The molecular formula is C48H30O. The molecule has 0 fully saturated rings. The summed E-state index contributed by atoms with van der Waals surface area (Å²) in [7, 11) is 0. The van der Waals surface area contributed by atoms with Crippen LogP contribution in [0.1, 0.15) is 6.85 Å². The molecule has 0 atom stereocenters. The third kappa shape index (κ3) is 4.40. The molecule has 1 heterocycles. The van der Waals surface area contributed by atoms with Gasteiger partial charge in [0.1, 0.15) is 11.2 Å². The molecule has 10 aromatic rings. The number of fused-ring (bicyclic) bond motifs is 6. The van der Waals surface area contributed by atoms with Gasteiger partial charge in [0, 0.05) is 10.8 Å². The molecule has 0 saturated heterocycles. The van der Waals surface area contributed by atoms with E-state index in [4.69, 9.17) is 11.3 Å². The van der Waals surface area contributed by atoms with Crippen LogP contribution in [0.5, 0.6) is 0 Å². The number of furan rings is 1. The smallest absolute Gasteiger partial charge is 0.136 e. The zero-order valence-electron chi connectivity index (χ0n) is 31.3. The highest BCUT2D eigenvalue weighted by Gasteiger charge is 2.20. The summed E-state index contributed by atoms with van der Waals surface area (Å²) in [5.74, 6) is 0. The Kier molecular flexibility index (Phi) is 5.20. The molecule has 10 rings (SSSR count). The van der Waals surface area contributed by atoms with Crippen LogP contribution in [0.2, 0.25) is 0 Å². The molecule has 0 aliphatic carbocycles. The molecule has 0 radical (unpaired) electrons. The van der Waals surface area contributed by atoms with E-state index >= 15 is 0 Å². The van der Waals surface area contributed by atoms with E-state index in [2.05, 4.69) is 121 Å². The van der Waals surface area contributed by atoms with Crippen molar-refractivity contribution in [3.05, 3.63) is 182 Å². The van der Waals surface area contributed by atoms with Gasteiger partial charge in [0.2, 0.25) is 0 Å². The molecular weight excluding hydrogens is 593 g/mol. The lowest BCUT2D eigenvalue weighted by molar-refractivity contribution is 0.669. The van der Waals surface area contributed by atoms with Gasteiger partial charge in [0.15, 0.2) is 0 Å². The van der Waals surface area contributed by atoms with Gasteiger partial charge < -0.3 is 4.42 Å². The second-order valence-corrected chi connectivity index (χ2v) is 12.4. The van der Waals surface area contributed by atoms with E-state index in [-0.39, 0.29) is 29.7 Å². The van der Waals surface area contributed by atoms with Gasteiger partial charge in [-0.1, -0.05) is 164 Å². The summed E-state index contributed by atoms with van der Waals surface area (Å²) in [5, 5.41) is 8.86. The van der Waals surface area contributed by atoms with E-state index in [0.717, 1.165) is 49.0 Å². The topological polar surface area (TPSA) is 13.1 Å². The first-order chi connectivity index (χ1) is 26.4. The highest BCUT2D eigenvalue weighted by Crippen LogP contribution is 2.47. The van der Waals surface area contributed by atoms with Gasteiger partial charge in [-0.15, -0.1) is 0 Å².